The topological polar surface area (TPSA) is 122 Å². The SMILES string of the molecule is CC(CCCC(=O)O)NC(=O)c1ccnc(Cl)c1[N+](=O)[O-]. The van der Waals surface area contributed by atoms with Gasteiger partial charge in [0.2, 0.25) is 5.15 Å². The molecule has 0 radical (unpaired) electrons. The molecule has 114 valence electrons. The van der Waals surface area contributed by atoms with E-state index in [2.05, 4.69) is 10.3 Å². The maximum absolute atomic E-state index is 12.0. The summed E-state index contributed by atoms with van der Waals surface area (Å²) in [6, 6.07) is 0.895. The average molecular weight is 316 g/mol. The van der Waals surface area contributed by atoms with Crippen molar-refractivity contribution in [3.63, 3.8) is 0 Å². The molecule has 0 saturated heterocycles. The molecule has 0 saturated carbocycles. The molecule has 0 aliphatic rings. The van der Waals surface area contributed by atoms with Gasteiger partial charge in [0.25, 0.3) is 5.91 Å². The lowest BCUT2D eigenvalue weighted by molar-refractivity contribution is -0.385. The van der Waals surface area contributed by atoms with Crippen molar-refractivity contribution in [2.75, 3.05) is 0 Å². The molecule has 1 atom stereocenters. The molecular weight excluding hydrogens is 302 g/mol. The van der Waals surface area contributed by atoms with Crippen molar-refractivity contribution < 1.29 is 19.6 Å². The van der Waals surface area contributed by atoms with Crippen LogP contribution in [0.4, 0.5) is 5.69 Å². The molecular formula is C12H14ClN3O5. The van der Waals surface area contributed by atoms with Gasteiger partial charge in [-0.25, -0.2) is 4.98 Å². The molecule has 8 nitrogen and oxygen atoms in total. The standard InChI is InChI=1S/C12H14ClN3O5/c1-7(3-2-4-9(17)18)15-12(19)8-5-6-14-11(13)10(8)16(20)21/h5-7H,2-4H2,1H3,(H,15,19)(H,17,18). The lowest BCUT2D eigenvalue weighted by atomic mass is 10.1. The van der Waals surface area contributed by atoms with E-state index in [0.29, 0.717) is 12.8 Å². The number of rotatable bonds is 7. The van der Waals surface area contributed by atoms with Crippen LogP contribution in [0.15, 0.2) is 12.3 Å². The summed E-state index contributed by atoms with van der Waals surface area (Å²) < 4.78 is 0. The molecule has 2 N–H and O–H groups in total. The van der Waals surface area contributed by atoms with Gasteiger partial charge in [-0.3, -0.25) is 19.7 Å². The van der Waals surface area contributed by atoms with E-state index in [0.717, 1.165) is 0 Å². The van der Waals surface area contributed by atoms with Crippen LogP contribution in [0.25, 0.3) is 0 Å². The lowest BCUT2D eigenvalue weighted by Crippen LogP contribution is -2.33. The fourth-order valence-electron chi connectivity index (χ4n) is 1.72. The number of hydrogen-bond acceptors (Lipinski definition) is 5. The first kappa shape index (κ1) is 16.8. The van der Waals surface area contributed by atoms with E-state index in [4.69, 9.17) is 16.7 Å². The molecule has 0 aromatic carbocycles. The number of pyridine rings is 1. The van der Waals surface area contributed by atoms with E-state index in [1.165, 1.54) is 12.3 Å². The normalized spacial score (nSPS) is 11.7. The van der Waals surface area contributed by atoms with Crippen LogP contribution < -0.4 is 5.32 Å². The predicted molar refractivity (Wildman–Crippen MR) is 74.3 cm³/mol. The molecule has 1 unspecified atom stereocenters. The zero-order valence-corrected chi connectivity index (χ0v) is 12.0. The van der Waals surface area contributed by atoms with Crippen LogP contribution in [0.5, 0.6) is 0 Å². The van der Waals surface area contributed by atoms with Crippen molar-refractivity contribution in [3.05, 3.63) is 33.1 Å². The highest BCUT2D eigenvalue weighted by Gasteiger charge is 2.25. The van der Waals surface area contributed by atoms with Gasteiger partial charge in [-0.05, 0) is 25.8 Å². The number of aliphatic carboxylic acids is 1. The number of nitro groups is 1. The number of nitrogens with one attached hydrogen (secondary N) is 1. The van der Waals surface area contributed by atoms with Gasteiger partial charge in [0, 0.05) is 18.7 Å². The summed E-state index contributed by atoms with van der Waals surface area (Å²) in [5.41, 5.74) is -0.723. The number of halogens is 1. The minimum atomic E-state index is -0.912. The Hall–Kier alpha value is -2.22. The van der Waals surface area contributed by atoms with E-state index < -0.39 is 22.5 Å². The molecule has 1 aromatic heterocycles. The summed E-state index contributed by atoms with van der Waals surface area (Å²) in [5, 5.41) is 21.7. The van der Waals surface area contributed by atoms with Crippen molar-refractivity contribution in [2.24, 2.45) is 0 Å². The Balaban J connectivity index is 2.74. The number of aromatic nitrogens is 1. The van der Waals surface area contributed by atoms with Crippen molar-refractivity contribution in [3.8, 4) is 0 Å². The zero-order valence-electron chi connectivity index (χ0n) is 11.2. The lowest BCUT2D eigenvalue weighted by Gasteiger charge is -2.13. The summed E-state index contributed by atoms with van der Waals surface area (Å²) >= 11 is 5.63. The fourth-order valence-corrected chi connectivity index (χ4v) is 1.95. The van der Waals surface area contributed by atoms with Crippen molar-refractivity contribution in [2.45, 2.75) is 32.2 Å². The summed E-state index contributed by atoms with van der Waals surface area (Å²) in [4.78, 5) is 36.1. The number of carbonyl (C=O) groups is 2. The van der Waals surface area contributed by atoms with Crippen LogP contribution >= 0.6 is 11.6 Å². The van der Waals surface area contributed by atoms with Gasteiger partial charge in [-0.1, -0.05) is 11.6 Å². The molecule has 0 spiro atoms. The molecule has 0 fully saturated rings. The van der Waals surface area contributed by atoms with Crippen molar-refractivity contribution in [1.29, 1.82) is 0 Å². The maximum atomic E-state index is 12.0. The van der Waals surface area contributed by atoms with Crippen LogP contribution in [-0.4, -0.2) is 32.9 Å². The monoisotopic (exact) mass is 315 g/mol. The number of carbonyl (C=O) groups excluding carboxylic acids is 1. The number of hydrogen-bond donors (Lipinski definition) is 2. The molecule has 1 rings (SSSR count). The van der Waals surface area contributed by atoms with Crippen LogP contribution in [0.3, 0.4) is 0 Å². The quantitative estimate of drug-likeness (QED) is 0.451. The molecule has 9 heteroatoms. The third kappa shape index (κ3) is 4.99. The highest BCUT2D eigenvalue weighted by Crippen LogP contribution is 2.25. The van der Waals surface area contributed by atoms with E-state index in [1.807, 2.05) is 0 Å². The Morgan fingerprint density at radius 1 is 1.57 bits per heavy atom. The Morgan fingerprint density at radius 2 is 2.24 bits per heavy atom. The van der Waals surface area contributed by atoms with Crippen LogP contribution in [0, 0.1) is 10.1 Å². The molecule has 1 amide bonds. The zero-order chi connectivity index (χ0) is 16.0. The maximum Gasteiger partial charge on any atom is 0.319 e. The van der Waals surface area contributed by atoms with Gasteiger partial charge >= 0.3 is 11.7 Å². The third-order valence-electron chi connectivity index (χ3n) is 2.71. The van der Waals surface area contributed by atoms with Crippen LogP contribution in [0.1, 0.15) is 36.5 Å². The second kappa shape index (κ2) is 7.53. The first-order chi connectivity index (χ1) is 9.82. The Morgan fingerprint density at radius 3 is 2.81 bits per heavy atom. The smallest absolute Gasteiger partial charge is 0.319 e. The average Bonchev–Trinajstić information content (AvgIpc) is 2.37. The number of nitrogens with zero attached hydrogens (tertiary/aromatic N) is 2. The van der Waals surface area contributed by atoms with Crippen LogP contribution in [0.2, 0.25) is 5.15 Å². The Bertz CT molecular complexity index is 564. The van der Waals surface area contributed by atoms with E-state index in [1.54, 1.807) is 6.92 Å². The summed E-state index contributed by atoms with van der Waals surface area (Å²) in [6.45, 7) is 1.69. The summed E-state index contributed by atoms with van der Waals surface area (Å²) in [6.07, 6.45) is 2.06. The number of carboxylic acids is 1. The molecule has 1 aromatic rings. The first-order valence-corrected chi connectivity index (χ1v) is 6.52. The molecule has 0 bridgehead atoms. The minimum absolute atomic E-state index is 0.00143. The first-order valence-electron chi connectivity index (χ1n) is 6.14. The van der Waals surface area contributed by atoms with E-state index in [9.17, 15) is 19.7 Å². The third-order valence-corrected chi connectivity index (χ3v) is 2.99. The van der Waals surface area contributed by atoms with Crippen molar-refractivity contribution in [1.82, 2.24) is 10.3 Å². The van der Waals surface area contributed by atoms with Gasteiger partial charge in [-0.15, -0.1) is 0 Å². The van der Waals surface area contributed by atoms with Crippen molar-refractivity contribution >= 4 is 29.2 Å². The molecule has 21 heavy (non-hydrogen) atoms. The molecule has 0 aliphatic heterocycles. The van der Waals surface area contributed by atoms with Crippen LogP contribution in [-0.2, 0) is 4.79 Å². The fraction of sp³-hybridized carbons (Fsp3) is 0.417. The summed E-state index contributed by atoms with van der Waals surface area (Å²) in [5.74, 6) is -1.56. The number of carboxylic acid groups (broad SMARTS) is 1. The number of amides is 1. The van der Waals surface area contributed by atoms with E-state index >= 15 is 0 Å². The highest BCUT2D eigenvalue weighted by molar-refractivity contribution is 6.32. The second-order valence-corrected chi connectivity index (χ2v) is 4.77. The minimum Gasteiger partial charge on any atom is -0.481 e. The summed E-state index contributed by atoms with van der Waals surface area (Å²) in [7, 11) is 0. The van der Waals surface area contributed by atoms with E-state index in [-0.39, 0.29) is 23.2 Å². The van der Waals surface area contributed by atoms with Gasteiger partial charge in [0.05, 0.1) is 4.92 Å². The molecule has 1 heterocycles. The van der Waals surface area contributed by atoms with Gasteiger partial charge in [0.15, 0.2) is 0 Å². The van der Waals surface area contributed by atoms with Gasteiger partial charge in [-0.2, -0.15) is 0 Å². The highest BCUT2D eigenvalue weighted by atomic mass is 35.5. The Labute approximate surface area is 125 Å². The van der Waals surface area contributed by atoms with Gasteiger partial charge < -0.3 is 10.4 Å². The predicted octanol–water partition coefficient (Wildman–Crippen LogP) is 2.02. The largest absolute Gasteiger partial charge is 0.481 e. The second-order valence-electron chi connectivity index (χ2n) is 4.42. The molecule has 0 aliphatic carbocycles. The van der Waals surface area contributed by atoms with Gasteiger partial charge in [0.1, 0.15) is 5.56 Å². The Kier molecular flexibility index (Phi) is 6.04.